The van der Waals surface area contributed by atoms with E-state index in [1.807, 2.05) is 0 Å². The summed E-state index contributed by atoms with van der Waals surface area (Å²) in [5.41, 5.74) is 6.08. The minimum atomic E-state index is -5.15. The Bertz CT molecular complexity index is 1290. The van der Waals surface area contributed by atoms with Gasteiger partial charge in [0.25, 0.3) is 0 Å². The Labute approximate surface area is 224 Å². The number of rotatable bonds is 10. The lowest BCUT2D eigenvalue weighted by Crippen LogP contribution is -2.61. The molecule has 22 heteroatoms. The van der Waals surface area contributed by atoms with Crippen molar-refractivity contribution in [1.82, 2.24) is 19.5 Å². The molecule has 2 fully saturated rings. The second-order valence-electron chi connectivity index (χ2n) is 9.14. The second kappa shape index (κ2) is 11.9. The predicted octanol–water partition coefficient (Wildman–Crippen LogP) is -4.45. The number of nitrogens with two attached hydrogens (primary N) is 1. The van der Waals surface area contributed by atoms with Gasteiger partial charge in [0.1, 0.15) is 60.7 Å². The molecule has 0 radical (unpaired) electrons. The number of fused-ring (bicyclic) bond motifs is 1. The van der Waals surface area contributed by atoms with Gasteiger partial charge in [-0.05, 0) is 0 Å². The van der Waals surface area contributed by atoms with E-state index in [-0.39, 0.29) is 17.0 Å². The van der Waals surface area contributed by atoms with Crippen LogP contribution in [0.2, 0.25) is 0 Å². The summed E-state index contributed by atoms with van der Waals surface area (Å²) in [4.78, 5) is 32.1. The lowest BCUT2D eigenvalue weighted by molar-refractivity contribution is -0.291. The van der Waals surface area contributed by atoms with E-state index in [0.29, 0.717) is 0 Å². The molecule has 0 bridgehead atoms. The van der Waals surface area contributed by atoms with E-state index >= 15 is 0 Å². The van der Waals surface area contributed by atoms with E-state index in [1.54, 1.807) is 0 Å². The molecule has 20 nitrogen and oxygen atoms in total. The third-order valence-corrected chi connectivity index (χ3v) is 10.2. The number of anilines is 1. The number of aliphatic hydroxyl groups is 7. The lowest BCUT2D eigenvalue weighted by atomic mass is 9.96. The summed E-state index contributed by atoms with van der Waals surface area (Å²) in [6, 6.07) is 0. The maximum Gasteiger partial charge on any atom is 0.342 e. The predicted molar refractivity (Wildman–Crippen MR) is 127 cm³/mol. The highest BCUT2D eigenvalue weighted by Gasteiger charge is 2.50. The Morgan fingerprint density at radius 1 is 0.975 bits per heavy atom. The van der Waals surface area contributed by atoms with Gasteiger partial charge < -0.3 is 65.3 Å². The van der Waals surface area contributed by atoms with Gasteiger partial charge in [0, 0.05) is 0 Å². The van der Waals surface area contributed by atoms with E-state index in [1.165, 1.54) is 10.9 Å². The van der Waals surface area contributed by atoms with Crippen molar-refractivity contribution in [3.63, 3.8) is 0 Å². The highest BCUT2D eigenvalue weighted by atomic mass is 31.2. The summed E-state index contributed by atoms with van der Waals surface area (Å²) in [6.45, 7) is -1.79. The molecule has 11 N–H and O–H groups in total. The van der Waals surface area contributed by atoms with Crippen LogP contribution in [0.3, 0.4) is 0 Å². The standard InChI is InChI=1S/C18H29N5O15P2/c19-15-8-16(21-3-20-15)23(4-22-8)17-12(29)9(26)7(36-17)2-35-39(31,32)5-40(33,34)38-18-13(30)10(27)11(28)14(37-18)6(25)1-24/h3-4,6-7,9-14,17-18,24-30H,1-2,5H2,(H,31,32)(H,33,34)(H2,19,20,21)/t6-,7-,9-,10+,11+,12-,13+,14-,17-,18?/m1/s1. The molecule has 4 heterocycles. The second-order valence-corrected chi connectivity index (χ2v) is 13.3. The molecule has 0 spiro atoms. The largest absolute Gasteiger partial charge is 0.394 e. The molecule has 2 saturated heterocycles. The number of nitrogen functional groups attached to an aromatic ring is 1. The minimum Gasteiger partial charge on any atom is -0.394 e. The smallest absolute Gasteiger partial charge is 0.342 e. The van der Waals surface area contributed by atoms with Gasteiger partial charge in [-0.2, -0.15) is 0 Å². The quantitative estimate of drug-likeness (QED) is 0.112. The van der Waals surface area contributed by atoms with Crippen molar-refractivity contribution in [1.29, 1.82) is 0 Å². The van der Waals surface area contributed by atoms with Gasteiger partial charge in [-0.25, -0.2) is 15.0 Å². The number of hydrogen-bond donors (Lipinski definition) is 10. The average molecular weight is 617 g/mol. The normalized spacial score (nSPS) is 36.8. The zero-order valence-corrected chi connectivity index (χ0v) is 22.1. The monoisotopic (exact) mass is 617 g/mol. The first kappa shape index (κ1) is 31.2. The summed E-state index contributed by atoms with van der Waals surface area (Å²) < 4.78 is 46.5. The molecule has 4 rings (SSSR count). The Hall–Kier alpha value is -1.71. The molecule has 12 atom stereocenters. The number of hydrogen-bond acceptors (Lipinski definition) is 17. The first-order valence-electron chi connectivity index (χ1n) is 11.6. The SMILES string of the molecule is Nc1ncnc2c1ncn2[C@@H]1O[C@H](COP(=O)(O)CP(=O)(O)OC2O[C@H]([C@H](O)CO)[C@@H](O)[C@H](O)[C@@H]2O)[C@@H](O)[C@H]1O. The van der Waals surface area contributed by atoms with Crippen molar-refractivity contribution in [3.8, 4) is 0 Å². The molecule has 0 amide bonds. The number of aliphatic hydroxyl groups excluding tert-OH is 7. The molecule has 3 unspecified atom stereocenters. The van der Waals surface area contributed by atoms with Crippen molar-refractivity contribution in [2.45, 2.75) is 61.3 Å². The van der Waals surface area contributed by atoms with Crippen LogP contribution in [0.15, 0.2) is 12.7 Å². The summed E-state index contributed by atoms with van der Waals surface area (Å²) in [5, 5.41) is 69.5. The Morgan fingerprint density at radius 2 is 1.68 bits per heavy atom. The van der Waals surface area contributed by atoms with Gasteiger partial charge in [0.2, 0.25) is 0 Å². The van der Waals surface area contributed by atoms with Crippen LogP contribution >= 0.6 is 15.2 Å². The van der Waals surface area contributed by atoms with Crippen molar-refractivity contribution in [3.05, 3.63) is 12.7 Å². The molecule has 2 aromatic rings. The topological polar surface area (TPSA) is 323 Å². The summed E-state index contributed by atoms with van der Waals surface area (Å²) in [7, 11) is -10.2. The van der Waals surface area contributed by atoms with E-state index in [9.17, 15) is 49.6 Å². The molecular formula is C18H29N5O15P2. The van der Waals surface area contributed by atoms with Gasteiger partial charge in [-0.3, -0.25) is 18.2 Å². The molecule has 226 valence electrons. The fourth-order valence-electron chi connectivity index (χ4n) is 4.19. The summed E-state index contributed by atoms with van der Waals surface area (Å²) in [6.07, 6.45) is -15.3. The van der Waals surface area contributed by atoms with Gasteiger partial charge in [-0.1, -0.05) is 0 Å². The fraction of sp³-hybridized carbons (Fsp3) is 0.722. The Kier molecular flexibility index (Phi) is 9.28. The minimum absolute atomic E-state index is 0.0467. The van der Waals surface area contributed by atoms with Gasteiger partial charge in [0.05, 0.1) is 19.5 Å². The first-order chi connectivity index (χ1) is 18.7. The molecule has 0 aromatic carbocycles. The number of nitrogens with zero attached hydrogens (tertiary/aromatic N) is 4. The van der Waals surface area contributed by atoms with Crippen molar-refractivity contribution >= 4 is 32.2 Å². The molecule has 0 saturated carbocycles. The molecular weight excluding hydrogens is 588 g/mol. The van der Waals surface area contributed by atoms with Gasteiger partial charge in [0.15, 0.2) is 29.9 Å². The van der Waals surface area contributed by atoms with Crippen LogP contribution in [0.1, 0.15) is 6.23 Å². The maximum atomic E-state index is 12.6. The van der Waals surface area contributed by atoms with Crippen LogP contribution in [-0.2, 0) is 27.7 Å². The van der Waals surface area contributed by atoms with Crippen LogP contribution < -0.4 is 5.73 Å². The van der Waals surface area contributed by atoms with Crippen LogP contribution in [0.25, 0.3) is 11.2 Å². The number of imidazole rings is 1. The number of aromatic nitrogens is 4. The zero-order chi connectivity index (χ0) is 29.6. The Balaban J connectivity index is 1.38. The summed E-state index contributed by atoms with van der Waals surface area (Å²) >= 11 is 0. The van der Waals surface area contributed by atoms with Crippen molar-refractivity contribution in [2.75, 3.05) is 24.9 Å². The lowest BCUT2D eigenvalue weighted by Gasteiger charge is -2.41. The zero-order valence-electron chi connectivity index (χ0n) is 20.3. The average Bonchev–Trinajstić information content (AvgIpc) is 3.43. The highest BCUT2D eigenvalue weighted by Crippen LogP contribution is 2.59. The summed E-state index contributed by atoms with van der Waals surface area (Å²) in [5.74, 6) is -1.51. The Morgan fingerprint density at radius 3 is 2.35 bits per heavy atom. The molecule has 2 aliphatic heterocycles. The van der Waals surface area contributed by atoms with Gasteiger partial charge >= 0.3 is 15.2 Å². The van der Waals surface area contributed by atoms with Crippen LogP contribution in [0.4, 0.5) is 5.82 Å². The van der Waals surface area contributed by atoms with Crippen LogP contribution in [-0.4, -0.2) is 139 Å². The molecule has 0 aliphatic carbocycles. The maximum absolute atomic E-state index is 12.6. The van der Waals surface area contributed by atoms with Gasteiger partial charge in [-0.15, -0.1) is 0 Å². The van der Waals surface area contributed by atoms with E-state index in [0.717, 1.165) is 6.33 Å². The van der Waals surface area contributed by atoms with E-state index in [2.05, 4.69) is 15.0 Å². The number of ether oxygens (including phenoxy) is 2. The van der Waals surface area contributed by atoms with Crippen LogP contribution in [0, 0.1) is 0 Å². The highest BCUT2D eigenvalue weighted by molar-refractivity contribution is 7.70. The van der Waals surface area contributed by atoms with E-state index < -0.39 is 95.7 Å². The first-order valence-corrected chi connectivity index (χ1v) is 15.1. The molecule has 40 heavy (non-hydrogen) atoms. The van der Waals surface area contributed by atoms with Crippen molar-refractivity contribution < 1.29 is 73.2 Å². The van der Waals surface area contributed by atoms with Crippen LogP contribution in [0.5, 0.6) is 0 Å². The van der Waals surface area contributed by atoms with E-state index in [4.69, 9.17) is 29.4 Å². The van der Waals surface area contributed by atoms with Crippen molar-refractivity contribution in [2.24, 2.45) is 0 Å². The fourth-order valence-corrected chi connectivity index (χ4v) is 7.47. The third-order valence-electron chi connectivity index (χ3n) is 6.24. The molecule has 2 aromatic heterocycles. The third kappa shape index (κ3) is 6.36. The molecule has 2 aliphatic rings.